The fourth-order valence-corrected chi connectivity index (χ4v) is 3.35. The Morgan fingerprint density at radius 3 is 2.92 bits per heavy atom. The monoisotopic (exact) mass is 398 g/mol. The van der Waals surface area contributed by atoms with E-state index >= 15 is 0 Å². The van der Waals surface area contributed by atoms with E-state index in [0.29, 0.717) is 35.1 Å². The van der Waals surface area contributed by atoms with Crippen molar-refractivity contribution in [2.45, 2.75) is 39.3 Å². The second-order valence-corrected chi connectivity index (χ2v) is 7.96. The molecule has 3 rings (SSSR count). The number of carbonyl (C=O) groups excluding carboxylic acids is 1. The standard InChI is InChI=1S/C16H20BrFN4O2/c1-16(2,3)24-15(23)21-5-4-10(8-21)9-22-13-7-11(18)6-12(17)14(13)19-20-22/h6-7,10H,4-5,8-9H2,1-3H3. The van der Waals surface area contributed by atoms with Gasteiger partial charge in [0.15, 0.2) is 0 Å². The van der Waals surface area contributed by atoms with E-state index in [2.05, 4.69) is 26.2 Å². The van der Waals surface area contributed by atoms with Crippen LogP contribution in [0.25, 0.3) is 11.0 Å². The van der Waals surface area contributed by atoms with Crippen LogP contribution in [0, 0.1) is 11.7 Å². The molecule has 1 aromatic heterocycles. The summed E-state index contributed by atoms with van der Waals surface area (Å²) in [6.07, 6.45) is 0.569. The SMILES string of the molecule is CC(C)(C)OC(=O)N1CCC(Cn2nnc3c(Br)cc(F)cc32)C1. The summed E-state index contributed by atoms with van der Waals surface area (Å²) < 4.78 is 21.3. The lowest BCUT2D eigenvalue weighted by Gasteiger charge is -2.24. The molecule has 1 amide bonds. The van der Waals surface area contributed by atoms with Crippen molar-refractivity contribution in [1.29, 1.82) is 0 Å². The molecule has 2 aromatic rings. The maximum absolute atomic E-state index is 13.6. The second-order valence-electron chi connectivity index (χ2n) is 7.11. The van der Waals surface area contributed by atoms with E-state index < -0.39 is 5.60 Å². The normalized spacial score (nSPS) is 18.4. The Labute approximate surface area is 148 Å². The van der Waals surface area contributed by atoms with Gasteiger partial charge in [0.05, 0.1) is 9.99 Å². The predicted octanol–water partition coefficient (Wildman–Crippen LogP) is 3.59. The third kappa shape index (κ3) is 3.68. The van der Waals surface area contributed by atoms with Gasteiger partial charge in [-0.2, -0.15) is 0 Å². The Bertz CT molecular complexity index is 771. The van der Waals surface area contributed by atoms with Crippen molar-refractivity contribution in [1.82, 2.24) is 19.9 Å². The van der Waals surface area contributed by atoms with Crippen molar-refractivity contribution in [2.75, 3.05) is 13.1 Å². The second kappa shape index (κ2) is 6.31. The fraction of sp³-hybridized carbons (Fsp3) is 0.562. The molecule has 1 aliphatic rings. The van der Waals surface area contributed by atoms with Gasteiger partial charge in [0.2, 0.25) is 0 Å². The van der Waals surface area contributed by atoms with Gasteiger partial charge in [0.1, 0.15) is 16.9 Å². The molecule has 1 aliphatic heterocycles. The number of hydrogen-bond donors (Lipinski definition) is 0. The number of hydrogen-bond acceptors (Lipinski definition) is 4. The van der Waals surface area contributed by atoms with E-state index in [4.69, 9.17) is 4.74 Å². The maximum atomic E-state index is 13.6. The first-order chi connectivity index (χ1) is 11.2. The van der Waals surface area contributed by atoms with Crippen LogP contribution in [0.15, 0.2) is 16.6 Å². The minimum absolute atomic E-state index is 0.240. The van der Waals surface area contributed by atoms with Gasteiger partial charge in [-0.05, 0) is 55.1 Å². The average Bonchev–Trinajstić information content (AvgIpc) is 3.05. The van der Waals surface area contributed by atoms with E-state index in [1.807, 2.05) is 20.8 Å². The van der Waals surface area contributed by atoms with E-state index in [0.717, 1.165) is 6.42 Å². The van der Waals surface area contributed by atoms with Crippen LogP contribution >= 0.6 is 15.9 Å². The zero-order valence-electron chi connectivity index (χ0n) is 13.9. The summed E-state index contributed by atoms with van der Waals surface area (Å²) >= 11 is 3.30. The molecule has 0 N–H and O–H groups in total. The van der Waals surface area contributed by atoms with Gasteiger partial charge in [0.25, 0.3) is 0 Å². The molecule has 0 spiro atoms. The summed E-state index contributed by atoms with van der Waals surface area (Å²) in [5, 5.41) is 8.22. The first-order valence-electron chi connectivity index (χ1n) is 7.89. The summed E-state index contributed by atoms with van der Waals surface area (Å²) in [4.78, 5) is 13.8. The van der Waals surface area contributed by atoms with Gasteiger partial charge in [0, 0.05) is 25.7 Å². The maximum Gasteiger partial charge on any atom is 0.410 e. The molecule has 0 bridgehead atoms. The molecule has 2 heterocycles. The summed E-state index contributed by atoms with van der Waals surface area (Å²) in [7, 11) is 0. The molecule has 0 saturated carbocycles. The third-order valence-electron chi connectivity index (χ3n) is 3.91. The molecular weight excluding hydrogens is 379 g/mol. The Balaban J connectivity index is 1.69. The third-order valence-corrected chi connectivity index (χ3v) is 4.51. The molecule has 0 radical (unpaired) electrons. The number of rotatable bonds is 2. The molecule has 1 fully saturated rings. The highest BCUT2D eigenvalue weighted by Crippen LogP contribution is 2.26. The fourth-order valence-electron chi connectivity index (χ4n) is 2.85. The number of benzene rings is 1. The van der Waals surface area contributed by atoms with Crippen LogP contribution in [-0.4, -0.2) is 44.7 Å². The summed E-state index contributed by atoms with van der Waals surface area (Å²) in [6, 6.07) is 2.81. The van der Waals surface area contributed by atoms with E-state index in [1.54, 1.807) is 9.58 Å². The molecule has 24 heavy (non-hydrogen) atoms. The number of ether oxygens (including phenoxy) is 1. The average molecular weight is 399 g/mol. The molecule has 1 unspecified atom stereocenters. The van der Waals surface area contributed by atoms with Gasteiger partial charge < -0.3 is 9.64 Å². The summed E-state index contributed by atoms with van der Waals surface area (Å²) in [6.45, 7) is 7.41. The van der Waals surface area contributed by atoms with Crippen molar-refractivity contribution in [3.63, 3.8) is 0 Å². The van der Waals surface area contributed by atoms with Crippen molar-refractivity contribution < 1.29 is 13.9 Å². The van der Waals surface area contributed by atoms with E-state index in [9.17, 15) is 9.18 Å². The quantitative estimate of drug-likeness (QED) is 0.775. The van der Waals surface area contributed by atoms with Crippen LogP contribution in [-0.2, 0) is 11.3 Å². The minimum Gasteiger partial charge on any atom is -0.444 e. The van der Waals surface area contributed by atoms with Crippen LogP contribution < -0.4 is 0 Å². The predicted molar refractivity (Wildman–Crippen MR) is 91.1 cm³/mol. The summed E-state index contributed by atoms with van der Waals surface area (Å²) in [5.74, 6) is -0.0933. The number of likely N-dealkylation sites (tertiary alicyclic amines) is 1. The van der Waals surface area contributed by atoms with Crippen LogP contribution in [0.1, 0.15) is 27.2 Å². The van der Waals surface area contributed by atoms with Crippen LogP contribution in [0.4, 0.5) is 9.18 Å². The molecular formula is C16H20BrFN4O2. The largest absolute Gasteiger partial charge is 0.444 e. The molecule has 0 aliphatic carbocycles. The Morgan fingerprint density at radius 2 is 2.21 bits per heavy atom. The van der Waals surface area contributed by atoms with Crippen molar-refractivity contribution >= 4 is 33.1 Å². The minimum atomic E-state index is -0.499. The van der Waals surface area contributed by atoms with Gasteiger partial charge in [-0.1, -0.05) is 5.21 Å². The Morgan fingerprint density at radius 1 is 1.46 bits per heavy atom. The number of fused-ring (bicyclic) bond motifs is 1. The van der Waals surface area contributed by atoms with Crippen LogP contribution in [0.5, 0.6) is 0 Å². The number of carbonyl (C=O) groups is 1. The van der Waals surface area contributed by atoms with E-state index in [1.165, 1.54) is 12.1 Å². The van der Waals surface area contributed by atoms with Gasteiger partial charge in [-0.3, -0.25) is 0 Å². The van der Waals surface area contributed by atoms with Crippen molar-refractivity contribution in [2.24, 2.45) is 5.92 Å². The highest BCUT2D eigenvalue weighted by Gasteiger charge is 2.30. The molecule has 130 valence electrons. The molecule has 1 atom stereocenters. The number of aromatic nitrogens is 3. The lowest BCUT2D eigenvalue weighted by atomic mass is 10.1. The zero-order valence-corrected chi connectivity index (χ0v) is 15.5. The number of nitrogens with zero attached hydrogens (tertiary/aromatic N) is 4. The molecule has 6 nitrogen and oxygen atoms in total. The first kappa shape index (κ1) is 17.1. The highest BCUT2D eigenvalue weighted by molar-refractivity contribution is 9.10. The summed E-state index contributed by atoms with van der Waals surface area (Å²) in [5.41, 5.74) is 0.789. The lowest BCUT2D eigenvalue weighted by Crippen LogP contribution is -2.35. The number of halogens is 2. The van der Waals surface area contributed by atoms with Crippen LogP contribution in [0.3, 0.4) is 0 Å². The van der Waals surface area contributed by atoms with Crippen LogP contribution in [0.2, 0.25) is 0 Å². The Hall–Kier alpha value is -1.70. The zero-order chi connectivity index (χ0) is 17.5. The van der Waals surface area contributed by atoms with Gasteiger partial charge in [-0.15, -0.1) is 5.10 Å². The Kier molecular flexibility index (Phi) is 4.50. The molecule has 1 saturated heterocycles. The van der Waals surface area contributed by atoms with Gasteiger partial charge >= 0.3 is 6.09 Å². The topological polar surface area (TPSA) is 60.2 Å². The first-order valence-corrected chi connectivity index (χ1v) is 8.68. The number of amides is 1. The van der Waals surface area contributed by atoms with Gasteiger partial charge in [-0.25, -0.2) is 13.9 Å². The smallest absolute Gasteiger partial charge is 0.410 e. The lowest BCUT2D eigenvalue weighted by molar-refractivity contribution is 0.0287. The molecule has 8 heteroatoms. The van der Waals surface area contributed by atoms with E-state index in [-0.39, 0.29) is 17.8 Å². The highest BCUT2D eigenvalue weighted by atomic mass is 79.9. The molecule has 1 aromatic carbocycles. The van der Waals surface area contributed by atoms with Crippen molar-refractivity contribution in [3.05, 3.63) is 22.4 Å². The van der Waals surface area contributed by atoms with Crippen molar-refractivity contribution in [3.8, 4) is 0 Å².